The first-order valence-corrected chi connectivity index (χ1v) is 15.4. The number of nitrogens with two attached hydrogens (primary N) is 1. The Morgan fingerprint density at radius 1 is 1.23 bits per heavy atom. The largest absolute Gasteiger partial charge is 0.338 e. The second-order valence-electron chi connectivity index (χ2n) is 12.3. The topological polar surface area (TPSA) is 166 Å². The number of fused-ring (bicyclic) bond motifs is 1. The Morgan fingerprint density at radius 3 is 2.35 bits per heavy atom. The molecule has 0 radical (unpaired) electrons. The SMILES string of the molecule is CS(N)(=O)=O.Cc1ccc2[nH]c(=O)c(CC(C#N)NC(=O)[C@@H]3C[C@@H](C(C)C)CN3C(=O)C(C)C(C)(C)C)cc2c1. The zero-order chi connectivity index (χ0) is 30.6. The Bertz CT molecular complexity index is 1430. The number of primary sulfonamides is 1. The molecule has 0 aliphatic carbocycles. The summed E-state index contributed by atoms with van der Waals surface area (Å²) in [5, 5.41) is 17.8. The molecule has 11 heteroatoms. The van der Waals surface area contributed by atoms with Crippen molar-refractivity contribution in [3.05, 3.63) is 45.7 Å². The summed E-state index contributed by atoms with van der Waals surface area (Å²) in [6.45, 7) is 14.7. The second kappa shape index (κ2) is 13.0. The molecule has 0 saturated carbocycles. The zero-order valence-electron chi connectivity index (χ0n) is 24.7. The van der Waals surface area contributed by atoms with Crippen LogP contribution in [0.5, 0.6) is 0 Å². The molecule has 3 rings (SSSR count). The Labute approximate surface area is 237 Å². The van der Waals surface area contributed by atoms with Crippen molar-refractivity contribution in [1.29, 1.82) is 5.26 Å². The van der Waals surface area contributed by atoms with Crippen LogP contribution in [0.1, 0.15) is 59.1 Å². The summed E-state index contributed by atoms with van der Waals surface area (Å²) in [5.74, 6) is -0.0543. The number of likely N-dealkylation sites (tertiary alicyclic amines) is 1. The van der Waals surface area contributed by atoms with E-state index in [0.29, 0.717) is 24.4 Å². The van der Waals surface area contributed by atoms with Crippen molar-refractivity contribution in [1.82, 2.24) is 15.2 Å². The predicted molar refractivity (Wildman–Crippen MR) is 157 cm³/mol. The van der Waals surface area contributed by atoms with Crippen molar-refractivity contribution in [3.63, 3.8) is 0 Å². The molecular formula is C29H43N5O5S. The molecule has 10 nitrogen and oxygen atoms in total. The number of hydrogen-bond acceptors (Lipinski definition) is 6. The standard InChI is InChI=1S/C28H38N4O3.CH5NO2S/c1-16(2)21-13-24(32(15-21)27(35)18(4)28(5,6)7)26(34)30-22(14-29)12-20-11-19-10-17(3)8-9-23(19)31-25(20)33;1-5(2,3)4/h8-11,16,18,21-22,24H,12-13,15H2,1-7H3,(H,30,34)(H,31,33);1H3,(H2,2,3,4)/t18?,21-,22?,24+;/m1./s1. The number of amides is 2. The van der Waals surface area contributed by atoms with Gasteiger partial charge in [-0.2, -0.15) is 5.26 Å². The summed E-state index contributed by atoms with van der Waals surface area (Å²) in [6.07, 6.45) is 1.60. The summed E-state index contributed by atoms with van der Waals surface area (Å²) in [5.41, 5.74) is 1.74. The molecule has 1 aromatic heterocycles. The number of benzene rings is 1. The van der Waals surface area contributed by atoms with E-state index in [9.17, 15) is 28.1 Å². The van der Waals surface area contributed by atoms with Crippen LogP contribution >= 0.6 is 0 Å². The van der Waals surface area contributed by atoms with Gasteiger partial charge in [-0.05, 0) is 54.2 Å². The van der Waals surface area contributed by atoms with Gasteiger partial charge in [-0.25, -0.2) is 13.6 Å². The van der Waals surface area contributed by atoms with Crippen LogP contribution in [0.3, 0.4) is 0 Å². The van der Waals surface area contributed by atoms with E-state index in [2.05, 4.69) is 35.4 Å². The van der Waals surface area contributed by atoms with E-state index in [4.69, 9.17) is 0 Å². The lowest BCUT2D eigenvalue weighted by Gasteiger charge is -2.33. The van der Waals surface area contributed by atoms with Crippen LogP contribution in [0.2, 0.25) is 0 Å². The fourth-order valence-electron chi connectivity index (χ4n) is 4.60. The lowest BCUT2D eigenvalue weighted by molar-refractivity contribution is -0.144. The maximum absolute atomic E-state index is 13.4. The van der Waals surface area contributed by atoms with Crippen molar-refractivity contribution in [2.75, 3.05) is 12.8 Å². The fraction of sp³-hybridized carbons (Fsp3) is 0.586. The number of carbonyl (C=O) groups is 2. The molecule has 40 heavy (non-hydrogen) atoms. The van der Waals surface area contributed by atoms with Gasteiger partial charge in [-0.1, -0.05) is 53.2 Å². The van der Waals surface area contributed by atoms with Gasteiger partial charge in [-0.3, -0.25) is 14.4 Å². The van der Waals surface area contributed by atoms with Crippen LogP contribution in [0.15, 0.2) is 29.1 Å². The van der Waals surface area contributed by atoms with E-state index < -0.39 is 22.1 Å². The molecule has 1 saturated heterocycles. The molecule has 1 fully saturated rings. The summed E-state index contributed by atoms with van der Waals surface area (Å²) in [6, 6.07) is 8.17. The Kier molecular flexibility index (Phi) is 10.7. The Morgan fingerprint density at radius 2 is 1.82 bits per heavy atom. The quantitative estimate of drug-likeness (QED) is 0.480. The van der Waals surface area contributed by atoms with Gasteiger partial charge < -0.3 is 15.2 Å². The normalized spacial score (nSPS) is 19.0. The summed E-state index contributed by atoms with van der Waals surface area (Å²) in [7, 11) is -3.17. The van der Waals surface area contributed by atoms with Gasteiger partial charge >= 0.3 is 0 Å². The van der Waals surface area contributed by atoms with E-state index in [1.807, 2.05) is 52.8 Å². The third-order valence-electron chi connectivity index (χ3n) is 7.50. The molecule has 2 unspecified atom stereocenters. The van der Waals surface area contributed by atoms with E-state index in [0.717, 1.165) is 22.7 Å². The first-order chi connectivity index (χ1) is 18.3. The van der Waals surface area contributed by atoms with E-state index in [-0.39, 0.29) is 41.0 Å². The molecular weight excluding hydrogens is 530 g/mol. The number of hydrogen-bond donors (Lipinski definition) is 3. The minimum Gasteiger partial charge on any atom is -0.338 e. The average molecular weight is 574 g/mol. The lowest BCUT2D eigenvalue weighted by Crippen LogP contribution is -2.51. The Balaban J connectivity index is 0.00000103. The first kappa shape index (κ1) is 33.0. The third-order valence-corrected chi connectivity index (χ3v) is 7.50. The van der Waals surface area contributed by atoms with Gasteiger partial charge in [0.15, 0.2) is 0 Å². The molecule has 4 N–H and O–H groups in total. The monoisotopic (exact) mass is 573 g/mol. The Hall–Kier alpha value is -3.23. The highest BCUT2D eigenvalue weighted by atomic mass is 32.2. The maximum Gasteiger partial charge on any atom is 0.251 e. The molecule has 2 amide bonds. The molecule has 0 spiro atoms. The third kappa shape index (κ3) is 9.17. The van der Waals surface area contributed by atoms with Crippen molar-refractivity contribution >= 4 is 32.7 Å². The van der Waals surface area contributed by atoms with E-state index in [1.54, 1.807) is 11.0 Å². The second-order valence-corrected chi connectivity index (χ2v) is 13.9. The van der Waals surface area contributed by atoms with Crippen molar-refractivity contribution in [3.8, 4) is 6.07 Å². The van der Waals surface area contributed by atoms with Crippen LogP contribution in [-0.2, 0) is 26.0 Å². The molecule has 0 bridgehead atoms. The van der Waals surface area contributed by atoms with Gasteiger partial charge in [0.1, 0.15) is 12.1 Å². The molecule has 2 heterocycles. The van der Waals surface area contributed by atoms with E-state index >= 15 is 0 Å². The number of rotatable bonds is 6. The molecule has 4 atom stereocenters. The van der Waals surface area contributed by atoms with Crippen molar-refractivity contribution in [2.24, 2.45) is 28.3 Å². The number of aryl methyl sites for hydroxylation is 1. The van der Waals surface area contributed by atoms with Crippen molar-refractivity contribution < 1.29 is 18.0 Å². The van der Waals surface area contributed by atoms with Gasteiger partial charge in [-0.15, -0.1) is 0 Å². The molecule has 1 aromatic carbocycles. The minimum absolute atomic E-state index is 0.0318. The zero-order valence-corrected chi connectivity index (χ0v) is 25.6. The number of nitriles is 1. The maximum atomic E-state index is 13.4. The number of carbonyl (C=O) groups excluding carboxylic acids is 2. The smallest absolute Gasteiger partial charge is 0.251 e. The van der Waals surface area contributed by atoms with Gasteiger partial charge in [0, 0.05) is 30.0 Å². The van der Waals surface area contributed by atoms with E-state index in [1.165, 1.54) is 0 Å². The van der Waals surface area contributed by atoms with Gasteiger partial charge in [0.2, 0.25) is 21.8 Å². The average Bonchev–Trinajstić information content (AvgIpc) is 3.28. The summed E-state index contributed by atoms with van der Waals surface area (Å²) < 4.78 is 18.8. The first-order valence-electron chi connectivity index (χ1n) is 13.4. The van der Waals surface area contributed by atoms with Crippen LogP contribution in [-0.4, -0.2) is 55.0 Å². The number of sulfonamides is 1. The van der Waals surface area contributed by atoms with Crippen LogP contribution in [0.4, 0.5) is 0 Å². The number of H-pyrrole nitrogens is 1. The number of aromatic nitrogens is 1. The van der Waals surface area contributed by atoms with Gasteiger partial charge in [0.05, 0.1) is 12.3 Å². The minimum atomic E-state index is -3.17. The molecule has 220 valence electrons. The fourth-order valence-corrected chi connectivity index (χ4v) is 4.60. The van der Waals surface area contributed by atoms with Gasteiger partial charge in [0.25, 0.3) is 5.56 Å². The van der Waals surface area contributed by atoms with Crippen LogP contribution in [0.25, 0.3) is 10.9 Å². The number of pyridine rings is 1. The molecule has 2 aromatic rings. The number of aromatic amines is 1. The highest BCUT2D eigenvalue weighted by Gasteiger charge is 2.43. The van der Waals surface area contributed by atoms with Crippen LogP contribution in [0, 0.1) is 41.4 Å². The number of nitrogens with one attached hydrogen (secondary N) is 2. The summed E-state index contributed by atoms with van der Waals surface area (Å²) in [4.78, 5) is 43.9. The highest BCUT2D eigenvalue weighted by molar-refractivity contribution is 7.88. The summed E-state index contributed by atoms with van der Waals surface area (Å²) >= 11 is 0. The lowest BCUT2D eigenvalue weighted by atomic mass is 9.81. The van der Waals surface area contributed by atoms with Crippen molar-refractivity contribution in [2.45, 2.75) is 73.4 Å². The van der Waals surface area contributed by atoms with Crippen LogP contribution < -0.4 is 16.0 Å². The predicted octanol–water partition coefficient (Wildman–Crippen LogP) is 2.85. The molecule has 1 aliphatic rings. The number of nitrogens with zero attached hydrogens (tertiary/aromatic N) is 2. The molecule has 1 aliphatic heterocycles. The highest BCUT2D eigenvalue weighted by Crippen LogP contribution is 2.34.